The van der Waals surface area contributed by atoms with Gasteiger partial charge in [0.15, 0.2) is 0 Å². The molecular formula is C16H30N2O. The highest BCUT2D eigenvalue weighted by molar-refractivity contribution is 5.80. The topological polar surface area (TPSA) is 41.1 Å². The molecule has 3 heteroatoms. The van der Waals surface area contributed by atoms with Gasteiger partial charge in [0.1, 0.15) is 0 Å². The molecule has 2 fully saturated rings. The minimum atomic E-state index is 0.169. The van der Waals surface area contributed by atoms with Crippen molar-refractivity contribution < 1.29 is 4.79 Å². The molecule has 0 radical (unpaired) electrons. The number of carbonyl (C=O) groups excluding carboxylic acids is 1. The second-order valence-electron chi connectivity index (χ2n) is 7.51. The molecule has 1 saturated carbocycles. The summed E-state index contributed by atoms with van der Waals surface area (Å²) in [6, 6.07) is 0.714. The Kier molecular flexibility index (Phi) is 4.54. The van der Waals surface area contributed by atoms with Crippen molar-refractivity contribution in [2.75, 3.05) is 6.54 Å². The van der Waals surface area contributed by atoms with Crippen LogP contribution in [0.25, 0.3) is 0 Å². The summed E-state index contributed by atoms with van der Waals surface area (Å²) in [5.74, 6) is 1.07. The number of rotatable bonds is 2. The van der Waals surface area contributed by atoms with E-state index in [2.05, 4.69) is 38.3 Å². The molecule has 1 aliphatic heterocycles. The molecule has 1 aliphatic carbocycles. The fourth-order valence-corrected chi connectivity index (χ4v) is 3.85. The van der Waals surface area contributed by atoms with Crippen molar-refractivity contribution in [2.45, 2.75) is 71.9 Å². The van der Waals surface area contributed by atoms with Crippen LogP contribution in [0.1, 0.15) is 59.8 Å². The van der Waals surface area contributed by atoms with E-state index in [1.165, 1.54) is 19.3 Å². The highest BCUT2D eigenvalue weighted by Gasteiger charge is 2.37. The molecule has 2 aliphatic rings. The Morgan fingerprint density at radius 3 is 2.42 bits per heavy atom. The van der Waals surface area contributed by atoms with Crippen LogP contribution < -0.4 is 10.6 Å². The van der Waals surface area contributed by atoms with E-state index in [-0.39, 0.29) is 17.2 Å². The normalized spacial score (nSPS) is 36.2. The van der Waals surface area contributed by atoms with E-state index in [4.69, 9.17) is 0 Å². The molecule has 2 N–H and O–H groups in total. The average Bonchev–Trinajstić information content (AvgIpc) is 2.75. The first-order chi connectivity index (χ1) is 8.89. The highest BCUT2D eigenvalue weighted by atomic mass is 16.2. The molecule has 110 valence electrons. The van der Waals surface area contributed by atoms with Gasteiger partial charge in [0.05, 0.1) is 5.92 Å². The summed E-state index contributed by atoms with van der Waals surface area (Å²) in [7, 11) is 0. The Hall–Kier alpha value is -0.570. The maximum absolute atomic E-state index is 12.4. The zero-order valence-corrected chi connectivity index (χ0v) is 13.0. The molecule has 4 unspecified atom stereocenters. The summed E-state index contributed by atoms with van der Waals surface area (Å²) >= 11 is 0. The van der Waals surface area contributed by atoms with E-state index < -0.39 is 0 Å². The average molecular weight is 266 g/mol. The lowest BCUT2D eigenvalue weighted by atomic mass is 9.69. The summed E-state index contributed by atoms with van der Waals surface area (Å²) in [6.07, 6.45) is 5.97. The van der Waals surface area contributed by atoms with Gasteiger partial charge < -0.3 is 10.6 Å². The van der Waals surface area contributed by atoms with Gasteiger partial charge in [0.25, 0.3) is 0 Å². The van der Waals surface area contributed by atoms with Gasteiger partial charge in [-0.05, 0) is 44.1 Å². The Labute approximate surface area is 117 Å². The largest absolute Gasteiger partial charge is 0.353 e. The molecule has 4 atom stereocenters. The van der Waals surface area contributed by atoms with Gasteiger partial charge in [0, 0.05) is 12.1 Å². The third kappa shape index (κ3) is 3.50. The van der Waals surface area contributed by atoms with Gasteiger partial charge in [-0.3, -0.25) is 4.79 Å². The molecule has 3 nitrogen and oxygen atoms in total. The SMILES string of the molecule is CC1NCCC1C(=O)NC1CCCCC1C(C)(C)C. The molecule has 0 spiro atoms. The summed E-state index contributed by atoms with van der Waals surface area (Å²) < 4.78 is 0. The molecule has 1 saturated heterocycles. The predicted molar refractivity (Wildman–Crippen MR) is 78.9 cm³/mol. The summed E-state index contributed by atoms with van der Waals surface area (Å²) in [6.45, 7) is 10.0. The highest BCUT2D eigenvalue weighted by Crippen LogP contribution is 2.38. The molecule has 2 rings (SSSR count). The van der Waals surface area contributed by atoms with Crippen LogP contribution in [0.15, 0.2) is 0 Å². The Morgan fingerprint density at radius 2 is 1.84 bits per heavy atom. The quantitative estimate of drug-likeness (QED) is 0.807. The number of carbonyl (C=O) groups is 1. The van der Waals surface area contributed by atoms with E-state index in [0.717, 1.165) is 19.4 Å². The molecule has 1 heterocycles. The van der Waals surface area contributed by atoms with Gasteiger partial charge in [-0.25, -0.2) is 0 Å². The summed E-state index contributed by atoms with van der Waals surface area (Å²) in [5.41, 5.74) is 0.290. The van der Waals surface area contributed by atoms with Crippen molar-refractivity contribution in [3.8, 4) is 0 Å². The Morgan fingerprint density at radius 1 is 1.16 bits per heavy atom. The third-order valence-electron chi connectivity index (χ3n) is 5.07. The van der Waals surface area contributed by atoms with Gasteiger partial charge >= 0.3 is 0 Å². The first-order valence-electron chi connectivity index (χ1n) is 7.93. The van der Waals surface area contributed by atoms with Crippen molar-refractivity contribution in [2.24, 2.45) is 17.3 Å². The second-order valence-corrected chi connectivity index (χ2v) is 7.51. The monoisotopic (exact) mass is 266 g/mol. The minimum Gasteiger partial charge on any atom is -0.353 e. The Bertz CT molecular complexity index is 321. The molecular weight excluding hydrogens is 236 g/mol. The lowest BCUT2D eigenvalue weighted by molar-refractivity contribution is -0.126. The van der Waals surface area contributed by atoms with Gasteiger partial charge in [-0.15, -0.1) is 0 Å². The molecule has 0 aromatic rings. The van der Waals surface area contributed by atoms with Crippen LogP contribution in [0.2, 0.25) is 0 Å². The fraction of sp³-hybridized carbons (Fsp3) is 0.938. The number of amides is 1. The van der Waals surface area contributed by atoms with Crippen molar-refractivity contribution in [1.82, 2.24) is 10.6 Å². The van der Waals surface area contributed by atoms with Crippen LogP contribution in [0, 0.1) is 17.3 Å². The van der Waals surface area contributed by atoms with Crippen LogP contribution >= 0.6 is 0 Å². The summed E-state index contributed by atoms with van der Waals surface area (Å²) in [5, 5.41) is 6.74. The van der Waals surface area contributed by atoms with E-state index >= 15 is 0 Å². The maximum Gasteiger partial charge on any atom is 0.224 e. The van der Waals surface area contributed by atoms with Crippen LogP contribution in [0.4, 0.5) is 0 Å². The van der Waals surface area contributed by atoms with E-state index in [1.54, 1.807) is 0 Å². The molecule has 19 heavy (non-hydrogen) atoms. The van der Waals surface area contributed by atoms with E-state index in [1.807, 2.05) is 0 Å². The minimum absolute atomic E-state index is 0.169. The first-order valence-corrected chi connectivity index (χ1v) is 7.93. The van der Waals surface area contributed by atoms with Gasteiger partial charge in [0.2, 0.25) is 5.91 Å². The van der Waals surface area contributed by atoms with E-state index in [0.29, 0.717) is 18.0 Å². The number of hydrogen-bond donors (Lipinski definition) is 2. The number of hydrogen-bond acceptors (Lipinski definition) is 2. The van der Waals surface area contributed by atoms with Crippen LogP contribution in [-0.4, -0.2) is 24.5 Å². The summed E-state index contributed by atoms with van der Waals surface area (Å²) in [4.78, 5) is 12.4. The zero-order chi connectivity index (χ0) is 14.0. The third-order valence-corrected chi connectivity index (χ3v) is 5.07. The maximum atomic E-state index is 12.4. The first kappa shape index (κ1) is 14.8. The smallest absolute Gasteiger partial charge is 0.224 e. The lowest BCUT2D eigenvalue weighted by Gasteiger charge is -2.41. The van der Waals surface area contributed by atoms with Crippen LogP contribution in [0.3, 0.4) is 0 Å². The fourth-order valence-electron chi connectivity index (χ4n) is 3.85. The zero-order valence-electron chi connectivity index (χ0n) is 13.0. The van der Waals surface area contributed by atoms with Crippen molar-refractivity contribution in [3.05, 3.63) is 0 Å². The van der Waals surface area contributed by atoms with E-state index in [9.17, 15) is 4.79 Å². The number of nitrogens with one attached hydrogen (secondary N) is 2. The van der Waals surface area contributed by atoms with Crippen molar-refractivity contribution in [1.29, 1.82) is 0 Å². The van der Waals surface area contributed by atoms with Gasteiger partial charge in [-0.2, -0.15) is 0 Å². The standard InChI is InChI=1S/C16H30N2O/c1-11-12(9-10-17-11)15(19)18-14-8-6-5-7-13(14)16(2,3)4/h11-14,17H,5-10H2,1-4H3,(H,18,19). The van der Waals surface area contributed by atoms with Crippen LogP contribution in [0.5, 0.6) is 0 Å². The Balaban J connectivity index is 1.97. The van der Waals surface area contributed by atoms with Crippen molar-refractivity contribution in [3.63, 3.8) is 0 Å². The van der Waals surface area contributed by atoms with Crippen LogP contribution in [-0.2, 0) is 4.79 Å². The molecule has 1 amide bonds. The van der Waals surface area contributed by atoms with Crippen molar-refractivity contribution >= 4 is 5.91 Å². The molecule has 0 bridgehead atoms. The second kappa shape index (κ2) is 5.82. The van der Waals surface area contributed by atoms with Gasteiger partial charge in [-0.1, -0.05) is 33.6 Å². The molecule has 0 aromatic heterocycles. The molecule has 0 aromatic carbocycles. The predicted octanol–water partition coefficient (Wildman–Crippen LogP) is 2.71. The lowest BCUT2D eigenvalue weighted by Crippen LogP contribution is -2.49.